The van der Waals surface area contributed by atoms with E-state index < -0.39 is 11.8 Å². The zero-order valence-electron chi connectivity index (χ0n) is 15.9. The third-order valence-corrected chi connectivity index (χ3v) is 4.66. The van der Waals surface area contributed by atoms with Gasteiger partial charge in [0.2, 0.25) is 0 Å². The summed E-state index contributed by atoms with van der Waals surface area (Å²) in [6.07, 6.45) is 4.64. The van der Waals surface area contributed by atoms with E-state index in [0.717, 1.165) is 25.2 Å². The minimum atomic E-state index is -1.17. The zero-order valence-corrected chi connectivity index (χ0v) is 15.9. The molecule has 0 aromatic heterocycles. The Morgan fingerprint density at radius 1 is 0.926 bits per heavy atom. The number of benzene rings is 2. The second-order valence-corrected chi connectivity index (χ2v) is 6.52. The summed E-state index contributed by atoms with van der Waals surface area (Å²) in [5, 5.41) is 19.7. The number of phenols is 1. The van der Waals surface area contributed by atoms with Crippen LogP contribution < -0.4 is 4.90 Å². The number of carboxylic acid groups (broad SMARTS) is 1. The van der Waals surface area contributed by atoms with Crippen LogP contribution in [0.5, 0.6) is 5.75 Å². The SMILES string of the molecule is CCCCCCN(CC)c1ccc(C(=O)c2ccccc2C(=O)O)c(O)c1. The molecular weight excluding hydrogens is 342 g/mol. The first-order chi connectivity index (χ1) is 13.0. The summed E-state index contributed by atoms with van der Waals surface area (Å²) in [6.45, 7) is 5.93. The molecule has 0 aliphatic rings. The number of hydrogen-bond donors (Lipinski definition) is 2. The number of carboxylic acids is 1. The van der Waals surface area contributed by atoms with Crippen molar-refractivity contribution in [1.82, 2.24) is 0 Å². The molecule has 0 unspecified atom stereocenters. The molecule has 0 heterocycles. The molecule has 0 fully saturated rings. The number of rotatable bonds is 10. The van der Waals surface area contributed by atoms with E-state index in [2.05, 4.69) is 18.7 Å². The van der Waals surface area contributed by atoms with Crippen LogP contribution in [-0.4, -0.2) is 35.1 Å². The number of nitrogens with zero attached hydrogens (tertiary/aromatic N) is 1. The summed E-state index contributed by atoms with van der Waals surface area (Å²) in [4.78, 5) is 26.3. The largest absolute Gasteiger partial charge is 0.507 e. The van der Waals surface area contributed by atoms with Crippen molar-refractivity contribution < 1.29 is 19.8 Å². The van der Waals surface area contributed by atoms with Crippen molar-refractivity contribution in [3.05, 3.63) is 59.2 Å². The molecule has 27 heavy (non-hydrogen) atoms. The Labute approximate surface area is 160 Å². The van der Waals surface area contributed by atoms with Gasteiger partial charge in [0.05, 0.1) is 11.1 Å². The van der Waals surface area contributed by atoms with Gasteiger partial charge in [-0.3, -0.25) is 4.79 Å². The smallest absolute Gasteiger partial charge is 0.336 e. The molecule has 5 nitrogen and oxygen atoms in total. The topological polar surface area (TPSA) is 77.8 Å². The molecule has 0 aliphatic heterocycles. The first kappa shape index (κ1) is 20.5. The number of hydrogen-bond acceptors (Lipinski definition) is 4. The molecule has 2 N–H and O–H groups in total. The highest BCUT2D eigenvalue weighted by Gasteiger charge is 2.20. The molecule has 0 bridgehead atoms. The van der Waals surface area contributed by atoms with Crippen molar-refractivity contribution in [3.63, 3.8) is 0 Å². The van der Waals surface area contributed by atoms with Gasteiger partial charge in [-0.25, -0.2) is 4.79 Å². The van der Waals surface area contributed by atoms with Crippen molar-refractivity contribution in [2.24, 2.45) is 0 Å². The summed E-state index contributed by atoms with van der Waals surface area (Å²) in [5.41, 5.74) is 0.959. The first-order valence-electron chi connectivity index (χ1n) is 9.44. The fraction of sp³-hybridized carbons (Fsp3) is 0.364. The number of aromatic hydroxyl groups is 1. The van der Waals surface area contributed by atoms with Crippen molar-refractivity contribution in [1.29, 1.82) is 0 Å². The Kier molecular flexibility index (Phi) is 7.41. The number of phenolic OH excluding ortho intramolecular Hbond substituents is 1. The van der Waals surface area contributed by atoms with E-state index in [4.69, 9.17) is 0 Å². The Hall–Kier alpha value is -2.82. The van der Waals surface area contributed by atoms with Gasteiger partial charge < -0.3 is 15.1 Å². The van der Waals surface area contributed by atoms with Gasteiger partial charge in [-0.15, -0.1) is 0 Å². The van der Waals surface area contributed by atoms with Crippen LogP contribution >= 0.6 is 0 Å². The fourth-order valence-corrected chi connectivity index (χ4v) is 3.12. The van der Waals surface area contributed by atoms with Crippen LogP contribution in [-0.2, 0) is 0 Å². The third kappa shape index (κ3) is 5.09. The molecule has 0 amide bonds. The van der Waals surface area contributed by atoms with Crippen LogP contribution in [0.1, 0.15) is 65.8 Å². The van der Waals surface area contributed by atoms with Gasteiger partial charge in [0.15, 0.2) is 5.78 Å². The lowest BCUT2D eigenvalue weighted by Gasteiger charge is -2.23. The number of aromatic carboxylic acids is 1. The lowest BCUT2D eigenvalue weighted by molar-refractivity contribution is 0.0692. The van der Waals surface area contributed by atoms with E-state index in [1.807, 2.05) is 0 Å². The quantitative estimate of drug-likeness (QED) is 0.468. The van der Waals surface area contributed by atoms with E-state index in [9.17, 15) is 19.8 Å². The minimum Gasteiger partial charge on any atom is -0.507 e. The monoisotopic (exact) mass is 369 g/mol. The molecule has 2 rings (SSSR count). The highest BCUT2D eigenvalue weighted by atomic mass is 16.4. The van der Waals surface area contributed by atoms with E-state index in [1.54, 1.807) is 30.3 Å². The Morgan fingerprint density at radius 2 is 1.63 bits per heavy atom. The van der Waals surface area contributed by atoms with Crippen LogP contribution in [0.4, 0.5) is 5.69 Å². The number of ketones is 1. The van der Waals surface area contributed by atoms with Crippen molar-refractivity contribution in [2.45, 2.75) is 39.5 Å². The molecule has 5 heteroatoms. The van der Waals surface area contributed by atoms with Gasteiger partial charge in [0.25, 0.3) is 0 Å². The van der Waals surface area contributed by atoms with E-state index in [0.29, 0.717) is 0 Å². The van der Waals surface area contributed by atoms with Crippen LogP contribution in [0.3, 0.4) is 0 Å². The molecule has 0 spiro atoms. The molecule has 144 valence electrons. The molecular formula is C22H27NO4. The minimum absolute atomic E-state index is 0.0694. The van der Waals surface area contributed by atoms with Crippen LogP contribution in [0, 0.1) is 0 Å². The first-order valence-corrected chi connectivity index (χ1v) is 9.44. The Balaban J connectivity index is 2.23. The second kappa shape index (κ2) is 9.76. The highest BCUT2D eigenvalue weighted by Crippen LogP contribution is 2.28. The predicted octanol–water partition coefficient (Wildman–Crippen LogP) is 4.73. The Morgan fingerprint density at radius 3 is 2.22 bits per heavy atom. The fourth-order valence-electron chi connectivity index (χ4n) is 3.12. The van der Waals surface area contributed by atoms with Gasteiger partial charge >= 0.3 is 5.97 Å². The molecule has 0 radical (unpaired) electrons. The van der Waals surface area contributed by atoms with Crippen molar-refractivity contribution in [2.75, 3.05) is 18.0 Å². The third-order valence-electron chi connectivity index (χ3n) is 4.66. The van der Waals surface area contributed by atoms with Gasteiger partial charge in [-0.1, -0.05) is 44.4 Å². The zero-order chi connectivity index (χ0) is 19.8. The Bertz CT molecular complexity index is 801. The maximum Gasteiger partial charge on any atom is 0.336 e. The lowest BCUT2D eigenvalue weighted by Crippen LogP contribution is -2.24. The van der Waals surface area contributed by atoms with Gasteiger partial charge in [-0.2, -0.15) is 0 Å². The van der Waals surface area contributed by atoms with Crippen LogP contribution in [0.15, 0.2) is 42.5 Å². The van der Waals surface area contributed by atoms with Gasteiger partial charge in [0.1, 0.15) is 5.75 Å². The van der Waals surface area contributed by atoms with Crippen LogP contribution in [0.2, 0.25) is 0 Å². The van der Waals surface area contributed by atoms with Gasteiger partial charge in [-0.05, 0) is 31.5 Å². The number of carbonyl (C=O) groups is 2. The molecule has 2 aromatic carbocycles. The van der Waals surface area contributed by atoms with Gasteiger partial charge in [0, 0.05) is 30.4 Å². The number of anilines is 1. The molecule has 0 saturated carbocycles. The number of carbonyl (C=O) groups excluding carboxylic acids is 1. The maximum atomic E-state index is 12.8. The number of unbranched alkanes of at least 4 members (excludes halogenated alkanes) is 3. The van der Waals surface area contributed by atoms with E-state index in [1.165, 1.54) is 31.4 Å². The van der Waals surface area contributed by atoms with E-state index in [-0.39, 0.29) is 22.4 Å². The summed E-state index contributed by atoms with van der Waals surface area (Å²) < 4.78 is 0. The summed E-state index contributed by atoms with van der Waals surface area (Å²) >= 11 is 0. The second-order valence-electron chi connectivity index (χ2n) is 6.52. The molecule has 0 atom stereocenters. The van der Waals surface area contributed by atoms with Crippen LogP contribution in [0.25, 0.3) is 0 Å². The molecule has 2 aromatic rings. The average Bonchev–Trinajstić information content (AvgIpc) is 2.67. The summed E-state index contributed by atoms with van der Waals surface area (Å²) in [5.74, 6) is -1.80. The summed E-state index contributed by atoms with van der Waals surface area (Å²) in [6, 6.07) is 11.0. The average molecular weight is 369 g/mol. The van der Waals surface area contributed by atoms with E-state index >= 15 is 0 Å². The molecule has 0 aliphatic carbocycles. The van der Waals surface area contributed by atoms with Crippen molar-refractivity contribution in [3.8, 4) is 5.75 Å². The summed E-state index contributed by atoms with van der Waals surface area (Å²) in [7, 11) is 0. The maximum absolute atomic E-state index is 12.8. The van der Waals surface area contributed by atoms with Crippen molar-refractivity contribution >= 4 is 17.4 Å². The normalized spacial score (nSPS) is 10.6. The highest BCUT2D eigenvalue weighted by molar-refractivity contribution is 6.15. The predicted molar refractivity (Wildman–Crippen MR) is 107 cm³/mol. The standard InChI is InChI=1S/C22H27NO4/c1-3-5-6-9-14-23(4-2)16-12-13-19(20(24)15-16)21(25)17-10-7-8-11-18(17)22(26)27/h7-8,10-13,15,24H,3-6,9,14H2,1-2H3,(H,26,27). The molecule has 0 saturated heterocycles. The lowest BCUT2D eigenvalue weighted by atomic mass is 9.97.